The molecule has 2 heterocycles. The Hall–Kier alpha value is -2.60. The van der Waals surface area contributed by atoms with Gasteiger partial charge in [-0.2, -0.15) is 5.10 Å². The third kappa shape index (κ3) is 4.52. The Labute approximate surface area is 156 Å². The molecule has 0 spiro atoms. The summed E-state index contributed by atoms with van der Waals surface area (Å²) >= 11 is 0. The Morgan fingerprint density at radius 1 is 1.19 bits per heavy atom. The zero-order chi connectivity index (χ0) is 18.2. The molecule has 134 valence electrons. The van der Waals surface area contributed by atoms with E-state index >= 15 is 0 Å². The van der Waals surface area contributed by atoms with E-state index in [1.165, 1.54) is 44.9 Å². The molecule has 3 heteroatoms. The Balaban J connectivity index is 1.89. The lowest BCUT2D eigenvalue weighted by Crippen LogP contribution is -2.02. The molecule has 3 rings (SSSR count). The fraction of sp³-hybridized carbons (Fsp3) is 0.391. The zero-order valence-electron chi connectivity index (χ0n) is 15.6. The van der Waals surface area contributed by atoms with Crippen molar-refractivity contribution in [1.82, 2.24) is 14.6 Å². The van der Waals surface area contributed by atoms with Crippen LogP contribution in [0.2, 0.25) is 0 Å². The van der Waals surface area contributed by atoms with Crippen molar-refractivity contribution in [2.75, 3.05) is 0 Å². The van der Waals surface area contributed by atoms with Gasteiger partial charge in [0, 0.05) is 11.5 Å². The number of imidazole rings is 1. The predicted octanol–water partition coefficient (Wildman–Crippen LogP) is 5.59. The number of allylic oxidation sites excluding steroid dienone is 5. The first-order valence-electron chi connectivity index (χ1n) is 9.64. The lowest BCUT2D eigenvalue weighted by Gasteiger charge is -2.13. The summed E-state index contributed by atoms with van der Waals surface area (Å²) in [6.45, 7) is 5.89. The minimum atomic E-state index is 0.502. The summed E-state index contributed by atoms with van der Waals surface area (Å²) in [5.41, 5.74) is 3.54. The van der Waals surface area contributed by atoms with E-state index in [1.807, 2.05) is 54.1 Å². The van der Waals surface area contributed by atoms with Crippen LogP contribution in [-0.2, 0) is 0 Å². The molecular formula is C23H27N3. The monoisotopic (exact) mass is 345 g/mol. The van der Waals surface area contributed by atoms with E-state index in [0.717, 1.165) is 22.6 Å². The molecule has 2 aromatic rings. The van der Waals surface area contributed by atoms with Gasteiger partial charge < -0.3 is 0 Å². The quantitative estimate of drug-likeness (QED) is 0.536. The lowest BCUT2D eigenvalue weighted by molar-refractivity contribution is 0.444. The molecule has 1 saturated carbocycles. The number of rotatable bonds is 3. The van der Waals surface area contributed by atoms with Gasteiger partial charge in [0.15, 0.2) is 5.65 Å². The van der Waals surface area contributed by atoms with Crippen LogP contribution in [-0.4, -0.2) is 14.6 Å². The molecule has 1 aliphatic rings. The highest BCUT2D eigenvalue weighted by atomic mass is 15.3. The first-order valence-corrected chi connectivity index (χ1v) is 9.64. The number of fused-ring (bicyclic) bond motifs is 1. The maximum absolute atomic E-state index is 4.73. The molecule has 0 N–H and O–H groups in total. The molecule has 0 aliphatic heterocycles. The Kier molecular flexibility index (Phi) is 6.44. The van der Waals surface area contributed by atoms with Crippen molar-refractivity contribution in [1.29, 1.82) is 0 Å². The van der Waals surface area contributed by atoms with E-state index in [1.54, 1.807) is 0 Å². The van der Waals surface area contributed by atoms with Gasteiger partial charge >= 0.3 is 0 Å². The zero-order valence-corrected chi connectivity index (χ0v) is 15.6. The summed E-state index contributed by atoms with van der Waals surface area (Å²) in [4.78, 5) is 4.44. The highest BCUT2D eigenvalue weighted by Gasteiger charge is 2.09. The summed E-state index contributed by atoms with van der Waals surface area (Å²) in [6.07, 6.45) is 18.8. The van der Waals surface area contributed by atoms with E-state index < -0.39 is 0 Å². The Morgan fingerprint density at radius 2 is 1.96 bits per heavy atom. The van der Waals surface area contributed by atoms with Crippen LogP contribution in [0.5, 0.6) is 0 Å². The molecule has 0 radical (unpaired) electrons. The van der Waals surface area contributed by atoms with E-state index in [2.05, 4.69) is 23.4 Å². The Bertz CT molecular complexity index is 866. The van der Waals surface area contributed by atoms with Gasteiger partial charge in [-0.1, -0.05) is 68.9 Å². The molecule has 0 atom stereocenters. The maximum Gasteiger partial charge on any atom is 0.154 e. The van der Waals surface area contributed by atoms with Gasteiger partial charge in [-0.25, -0.2) is 9.50 Å². The van der Waals surface area contributed by atoms with Crippen LogP contribution < -0.4 is 0 Å². The normalized spacial score (nSPS) is 16.9. The smallest absolute Gasteiger partial charge is 0.154 e. The number of hydrogen-bond acceptors (Lipinski definition) is 2. The van der Waals surface area contributed by atoms with E-state index in [-0.39, 0.29) is 0 Å². The van der Waals surface area contributed by atoms with Gasteiger partial charge in [-0.3, -0.25) is 0 Å². The molecule has 0 amide bonds. The SMILES string of the molecule is C=C/C(=C\C=C/C)c1ccc2ncc(C#CC3CCCCCCC3)n2n1. The van der Waals surface area contributed by atoms with Gasteiger partial charge in [0.1, 0.15) is 5.69 Å². The second-order valence-electron chi connectivity index (χ2n) is 6.80. The molecule has 3 nitrogen and oxygen atoms in total. The van der Waals surface area contributed by atoms with Crippen LogP contribution in [0.4, 0.5) is 0 Å². The molecule has 0 aromatic carbocycles. The van der Waals surface area contributed by atoms with Crippen LogP contribution in [0.25, 0.3) is 11.2 Å². The maximum atomic E-state index is 4.73. The summed E-state index contributed by atoms with van der Waals surface area (Å²) in [7, 11) is 0. The second kappa shape index (κ2) is 9.20. The topological polar surface area (TPSA) is 30.2 Å². The predicted molar refractivity (Wildman–Crippen MR) is 109 cm³/mol. The summed E-state index contributed by atoms with van der Waals surface area (Å²) in [5.74, 6) is 7.33. The molecule has 2 aromatic heterocycles. The van der Waals surface area contributed by atoms with Crippen molar-refractivity contribution in [2.24, 2.45) is 5.92 Å². The number of aromatic nitrogens is 3. The largest absolute Gasteiger partial charge is 0.234 e. The third-order valence-corrected chi connectivity index (χ3v) is 4.86. The molecule has 26 heavy (non-hydrogen) atoms. The highest BCUT2D eigenvalue weighted by molar-refractivity contribution is 5.72. The second-order valence-corrected chi connectivity index (χ2v) is 6.80. The van der Waals surface area contributed by atoms with E-state index in [9.17, 15) is 0 Å². The summed E-state index contributed by atoms with van der Waals surface area (Å²) < 4.78 is 1.85. The summed E-state index contributed by atoms with van der Waals surface area (Å²) in [5, 5.41) is 4.73. The third-order valence-electron chi connectivity index (χ3n) is 4.86. The van der Waals surface area contributed by atoms with E-state index in [0.29, 0.717) is 5.92 Å². The highest BCUT2D eigenvalue weighted by Crippen LogP contribution is 2.22. The average molecular weight is 345 g/mol. The number of hydrogen-bond donors (Lipinski definition) is 0. The van der Waals surface area contributed by atoms with Crippen molar-refractivity contribution in [3.8, 4) is 11.8 Å². The lowest BCUT2D eigenvalue weighted by atomic mass is 9.91. The van der Waals surface area contributed by atoms with Gasteiger partial charge in [0.2, 0.25) is 0 Å². The number of nitrogens with zero attached hydrogens (tertiary/aromatic N) is 3. The molecule has 0 saturated heterocycles. The van der Waals surface area contributed by atoms with Gasteiger partial charge in [0.05, 0.1) is 11.9 Å². The molecule has 1 aliphatic carbocycles. The van der Waals surface area contributed by atoms with Gasteiger partial charge in [-0.05, 0) is 37.8 Å². The standard InChI is InChI=1S/C23H27N3/c1-3-5-13-20(4-2)22-16-17-23-24-18-21(26(23)25-22)15-14-19-11-9-7-6-8-10-12-19/h3-5,13,16-19H,2,6-12H2,1H3/b5-3-,20-13+. The van der Waals surface area contributed by atoms with Crippen LogP contribution in [0.1, 0.15) is 63.3 Å². The molecule has 0 bridgehead atoms. The fourth-order valence-electron chi connectivity index (χ4n) is 3.35. The van der Waals surface area contributed by atoms with Crippen LogP contribution >= 0.6 is 0 Å². The van der Waals surface area contributed by atoms with Crippen LogP contribution in [0, 0.1) is 17.8 Å². The fourth-order valence-corrected chi connectivity index (χ4v) is 3.35. The van der Waals surface area contributed by atoms with E-state index in [4.69, 9.17) is 5.10 Å². The van der Waals surface area contributed by atoms with Crippen molar-refractivity contribution in [3.63, 3.8) is 0 Å². The summed E-state index contributed by atoms with van der Waals surface area (Å²) in [6, 6.07) is 3.96. The molecular weight excluding hydrogens is 318 g/mol. The van der Waals surface area contributed by atoms with Crippen molar-refractivity contribution < 1.29 is 0 Å². The van der Waals surface area contributed by atoms with Crippen molar-refractivity contribution >= 4 is 11.2 Å². The van der Waals surface area contributed by atoms with Crippen LogP contribution in [0.15, 0.2) is 49.2 Å². The van der Waals surface area contributed by atoms with Crippen LogP contribution in [0.3, 0.4) is 0 Å². The first-order chi connectivity index (χ1) is 12.8. The minimum absolute atomic E-state index is 0.502. The van der Waals surface area contributed by atoms with Crippen molar-refractivity contribution in [2.45, 2.75) is 51.9 Å². The average Bonchev–Trinajstić information content (AvgIpc) is 3.04. The minimum Gasteiger partial charge on any atom is -0.234 e. The Morgan fingerprint density at radius 3 is 2.69 bits per heavy atom. The molecule has 1 fully saturated rings. The first kappa shape index (κ1) is 18.2. The van der Waals surface area contributed by atoms with Crippen molar-refractivity contribution in [3.05, 3.63) is 60.6 Å². The van der Waals surface area contributed by atoms with Gasteiger partial charge in [0.25, 0.3) is 0 Å². The van der Waals surface area contributed by atoms with Gasteiger partial charge in [-0.15, -0.1) is 0 Å². The molecule has 0 unspecified atom stereocenters.